The molecule has 0 spiro atoms. The van der Waals surface area contributed by atoms with Crippen LogP contribution in [0.3, 0.4) is 0 Å². The zero-order chi connectivity index (χ0) is 28.8. The van der Waals surface area contributed by atoms with Crippen LogP contribution in [-0.4, -0.2) is 23.0 Å². The van der Waals surface area contributed by atoms with Gasteiger partial charge in [-0.05, 0) is 86.0 Å². The summed E-state index contributed by atoms with van der Waals surface area (Å²) >= 11 is 5.98. The molecule has 0 saturated carbocycles. The van der Waals surface area contributed by atoms with Gasteiger partial charge in [-0.3, -0.25) is 4.79 Å². The van der Waals surface area contributed by atoms with Crippen LogP contribution in [0.4, 0.5) is 0 Å². The zero-order valence-electron chi connectivity index (χ0n) is 23.4. The summed E-state index contributed by atoms with van der Waals surface area (Å²) in [7, 11) is 0. The second-order valence-corrected chi connectivity index (χ2v) is 10.7. The molecule has 208 valence electrons. The van der Waals surface area contributed by atoms with E-state index in [1.165, 1.54) is 0 Å². The standard InChI is InChI=1S/C35H32ClNO4/c1-24-33(37-34(40-24)29-11-7-10-28(22-29)27-8-5-4-6-9-27)20-21-39-31-16-12-26(13-17-31)23-35(3,25(2)38)41-32-18-14-30(36)15-19-32/h4-19,22H,20-21,23H2,1-3H3. The van der Waals surface area contributed by atoms with Crippen LogP contribution in [0.5, 0.6) is 11.5 Å². The van der Waals surface area contributed by atoms with Gasteiger partial charge in [-0.2, -0.15) is 0 Å². The number of ketones is 1. The third kappa shape index (κ3) is 7.05. The first-order valence-electron chi connectivity index (χ1n) is 13.6. The molecule has 0 amide bonds. The van der Waals surface area contributed by atoms with E-state index in [-0.39, 0.29) is 5.78 Å². The van der Waals surface area contributed by atoms with E-state index in [2.05, 4.69) is 24.3 Å². The van der Waals surface area contributed by atoms with Gasteiger partial charge in [0.1, 0.15) is 17.3 Å². The molecule has 1 atom stereocenters. The fraction of sp³-hybridized carbons (Fsp3) is 0.200. The summed E-state index contributed by atoms with van der Waals surface area (Å²) < 4.78 is 18.1. The van der Waals surface area contributed by atoms with Gasteiger partial charge in [0.25, 0.3) is 0 Å². The highest BCUT2D eigenvalue weighted by atomic mass is 35.5. The number of Topliss-reactive ketones (excluding diaryl/α,β-unsaturated/α-hetero) is 1. The van der Waals surface area contributed by atoms with Crippen LogP contribution in [0.1, 0.15) is 30.9 Å². The van der Waals surface area contributed by atoms with Crippen LogP contribution in [0.2, 0.25) is 5.02 Å². The van der Waals surface area contributed by atoms with Crippen molar-refractivity contribution in [3.05, 3.63) is 125 Å². The van der Waals surface area contributed by atoms with Crippen molar-refractivity contribution in [2.24, 2.45) is 0 Å². The molecular formula is C35H32ClNO4. The Hall–Kier alpha value is -4.35. The van der Waals surface area contributed by atoms with E-state index in [1.807, 2.05) is 61.5 Å². The number of rotatable bonds is 11. The van der Waals surface area contributed by atoms with E-state index < -0.39 is 5.60 Å². The zero-order valence-corrected chi connectivity index (χ0v) is 24.2. The molecule has 0 radical (unpaired) electrons. The predicted octanol–water partition coefficient (Wildman–Crippen LogP) is 8.56. The first-order chi connectivity index (χ1) is 19.8. The number of hydrogen-bond acceptors (Lipinski definition) is 5. The minimum absolute atomic E-state index is 0.0538. The monoisotopic (exact) mass is 565 g/mol. The van der Waals surface area contributed by atoms with Gasteiger partial charge in [0.15, 0.2) is 11.4 Å². The second kappa shape index (κ2) is 12.4. The van der Waals surface area contributed by atoms with E-state index in [1.54, 1.807) is 38.1 Å². The molecule has 0 aliphatic carbocycles. The lowest BCUT2D eigenvalue weighted by molar-refractivity contribution is -0.130. The lowest BCUT2D eigenvalue weighted by Gasteiger charge is -2.28. The number of nitrogens with zero attached hydrogens (tertiary/aromatic N) is 1. The number of carbonyl (C=O) groups excluding carboxylic acids is 1. The number of ether oxygens (including phenoxy) is 2. The maximum Gasteiger partial charge on any atom is 0.226 e. The van der Waals surface area contributed by atoms with Gasteiger partial charge in [-0.25, -0.2) is 4.98 Å². The summed E-state index contributed by atoms with van der Waals surface area (Å²) in [5.74, 6) is 2.68. The number of halogens is 1. The fourth-order valence-corrected chi connectivity index (χ4v) is 4.73. The normalized spacial score (nSPS) is 12.5. The number of aryl methyl sites for hydroxylation is 1. The molecule has 41 heavy (non-hydrogen) atoms. The molecule has 5 rings (SSSR count). The van der Waals surface area contributed by atoms with Crippen LogP contribution in [-0.2, 0) is 17.6 Å². The molecular weight excluding hydrogens is 534 g/mol. The molecule has 0 fully saturated rings. The van der Waals surface area contributed by atoms with Crippen molar-refractivity contribution in [2.75, 3.05) is 6.61 Å². The van der Waals surface area contributed by atoms with Crippen LogP contribution in [0.15, 0.2) is 108 Å². The number of aromatic nitrogens is 1. The van der Waals surface area contributed by atoms with E-state index >= 15 is 0 Å². The van der Waals surface area contributed by atoms with Crippen molar-refractivity contribution in [3.63, 3.8) is 0 Å². The Balaban J connectivity index is 1.19. The van der Waals surface area contributed by atoms with Crippen molar-refractivity contribution in [1.82, 2.24) is 4.98 Å². The summed E-state index contributed by atoms with van der Waals surface area (Å²) in [5, 5.41) is 0.616. The van der Waals surface area contributed by atoms with Crippen molar-refractivity contribution in [2.45, 2.75) is 39.2 Å². The third-order valence-electron chi connectivity index (χ3n) is 7.08. The molecule has 5 aromatic rings. The SMILES string of the molecule is CC(=O)C(C)(Cc1ccc(OCCc2nc(-c3cccc(-c4ccccc4)c3)oc2C)cc1)Oc1ccc(Cl)cc1. The fourth-order valence-electron chi connectivity index (χ4n) is 4.60. The highest BCUT2D eigenvalue weighted by Gasteiger charge is 2.32. The molecule has 0 saturated heterocycles. The predicted molar refractivity (Wildman–Crippen MR) is 163 cm³/mol. The number of oxazole rings is 1. The third-order valence-corrected chi connectivity index (χ3v) is 7.34. The average molecular weight is 566 g/mol. The second-order valence-electron chi connectivity index (χ2n) is 10.2. The molecule has 6 heteroatoms. The lowest BCUT2D eigenvalue weighted by Crippen LogP contribution is -2.42. The largest absolute Gasteiger partial charge is 0.493 e. The van der Waals surface area contributed by atoms with E-state index in [0.29, 0.717) is 36.1 Å². The molecule has 0 bridgehead atoms. The first kappa shape index (κ1) is 28.2. The van der Waals surface area contributed by atoms with Gasteiger partial charge in [0, 0.05) is 23.4 Å². The summed E-state index contributed by atoms with van der Waals surface area (Å²) in [6, 6.07) is 33.2. The highest BCUT2D eigenvalue weighted by molar-refractivity contribution is 6.30. The number of carbonyl (C=O) groups is 1. The van der Waals surface area contributed by atoms with Crippen LogP contribution >= 0.6 is 11.6 Å². The van der Waals surface area contributed by atoms with Crippen molar-refractivity contribution in [3.8, 4) is 34.1 Å². The lowest BCUT2D eigenvalue weighted by atomic mass is 9.92. The van der Waals surface area contributed by atoms with E-state index in [4.69, 9.17) is 30.5 Å². The Morgan fingerprint density at radius 1 is 0.854 bits per heavy atom. The number of hydrogen-bond donors (Lipinski definition) is 0. The minimum Gasteiger partial charge on any atom is -0.493 e. The Morgan fingerprint density at radius 2 is 1.51 bits per heavy atom. The average Bonchev–Trinajstić information content (AvgIpc) is 3.36. The first-order valence-corrected chi connectivity index (χ1v) is 14.0. The molecule has 5 nitrogen and oxygen atoms in total. The topological polar surface area (TPSA) is 61.6 Å². The Labute approximate surface area is 245 Å². The maximum absolute atomic E-state index is 12.5. The molecule has 1 unspecified atom stereocenters. The van der Waals surface area contributed by atoms with Gasteiger partial charge in [-0.15, -0.1) is 0 Å². The van der Waals surface area contributed by atoms with Gasteiger partial charge < -0.3 is 13.9 Å². The van der Waals surface area contributed by atoms with Gasteiger partial charge >= 0.3 is 0 Å². The molecule has 0 aliphatic rings. The molecule has 0 N–H and O–H groups in total. The van der Waals surface area contributed by atoms with Crippen molar-refractivity contribution >= 4 is 17.4 Å². The van der Waals surface area contributed by atoms with Gasteiger partial charge in [0.05, 0.1) is 12.3 Å². The van der Waals surface area contributed by atoms with Crippen LogP contribution < -0.4 is 9.47 Å². The quantitative estimate of drug-likeness (QED) is 0.160. The Bertz CT molecular complexity index is 1610. The van der Waals surface area contributed by atoms with Gasteiger partial charge in [-0.1, -0.05) is 66.2 Å². The number of benzene rings is 4. The molecule has 1 aromatic heterocycles. The summed E-state index contributed by atoms with van der Waals surface area (Å²) in [5.41, 5.74) is 4.05. The van der Waals surface area contributed by atoms with E-state index in [9.17, 15) is 4.79 Å². The summed E-state index contributed by atoms with van der Waals surface area (Å²) in [6.45, 7) is 5.74. The summed E-state index contributed by atoms with van der Waals surface area (Å²) in [6.07, 6.45) is 1.05. The van der Waals surface area contributed by atoms with Crippen molar-refractivity contribution in [1.29, 1.82) is 0 Å². The smallest absolute Gasteiger partial charge is 0.226 e. The van der Waals surface area contributed by atoms with Crippen LogP contribution in [0, 0.1) is 6.92 Å². The van der Waals surface area contributed by atoms with Gasteiger partial charge in [0.2, 0.25) is 5.89 Å². The summed E-state index contributed by atoms with van der Waals surface area (Å²) in [4.78, 5) is 17.3. The highest BCUT2D eigenvalue weighted by Crippen LogP contribution is 2.28. The minimum atomic E-state index is -1.00. The van der Waals surface area contributed by atoms with Crippen LogP contribution in [0.25, 0.3) is 22.6 Å². The molecule has 1 heterocycles. The Morgan fingerprint density at radius 3 is 2.22 bits per heavy atom. The van der Waals surface area contributed by atoms with Crippen molar-refractivity contribution < 1.29 is 18.7 Å². The molecule has 4 aromatic carbocycles. The Kier molecular flexibility index (Phi) is 8.55. The van der Waals surface area contributed by atoms with E-state index in [0.717, 1.165) is 39.5 Å². The molecule has 0 aliphatic heterocycles. The maximum atomic E-state index is 12.5.